The number of fused-ring (bicyclic) bond motifs is 2. The molecule has 6 rings (SSSR count). The van der Waals surface area contributed by atoms with Crippen molar-refractivity contribution in [3.05, 3.63) is 84.4 Å². The molecule has 10 nitrogen and oxygen atoms in total. The van der Waals surface area contributed by atoms with Gasteiger partial charge in [-0.05, 0) is 42.0 Å². The van der Waals surface area contributed by atoms with E-state index in [0.29, 0.717) is 50.5 Å². The zero-order valence-corrected chi connectivity index (χ0v) is 23.0. The summed E-state index contributed by atoms with van der Waals surface area (Å²) in [5, 5.41) is 3.11. The van der Waals surface area contributed by atoms with Crippen LogP contribution in [0.4, 0.5) is 10.1 Å². The van der Waals surface area contributed by atoms with E-state index < -0.39 is 21.7 Å². The molecular formula is C29H23FN6O4S. The molecule has 0 spiro atoms. The fourth-order valence-corrected chi connectivity index (χ4v) is 5.18. The average Bonchev–Trinajstić information content (AvgIpc) is 3.57. The van der Waals surface area contributed by atoms with Crippen LogP contribution in [0.1, 0.15) is 10.4 Å². The number of nitrogens with zero attached hydrogens (tertiary/aromatic N) is 4. The van der Waals surface area contributed by atoms with Crippen molar-refractivity contribution in [3.63, 3.8) is 0 Å². The lowest BCUT2D eigenvalue weighted by Gasteiger charge is -2.21. The number of carbonyl (C=O) groups excluding carboxylic acids is 1. The van der Waals surface area contributed by atoms with Crippen molar-refractivity contribution in [2.45, 2.75) is 0 Å². The third kappa shape index (κ3) is 4.67. The maximum absolute atomic E-state index is 13.7. The third-order valence-electron chi connectivity index (χ3n) is 6.78. The van der Waals surface area contributed by atoms with Crippen LogP contribution < -0.4 is 9.62 Å². The Morgan fingerprint density at radius 1 is 1.00 bits per heavy atom. The second kappa shape index (κ2) is 9.82. The van der Waals surface area contributed by atoms with Crippen molar-refractivity contribution in [1.82, 2.24) is 25.3 Å². The van der Waals surface area contributed by atoms with E-state index in [1.54, 1.807) is 24.5 Å². The molecule has 3 heterocycles. The monoisotopic (exact) mass is 570 g/mol. The van der Waals surface area contributed by atoms with Crippen LogP contribution in [0.5, 0.6) is 0 Å². The Morgan fingerprint density at radius 2 is 1.73 bits per heavy atom. The molecule has 41 heavy (non-hydrogen) atoms. The van der Waals surface area contributed by atoms with E-state index in [0.717, 1.165) is 16.1 Å². The molecule has 3 aromatic heterocycles. The number of benzene rings is 3. The summed E-state index contributed by atoms with van der Waals surface area (Å²) in [5.74, 6) is -0.0588. The molecular weight excluding hydrogens is 547 g/mol. The molecule has 206 valence electrons. The zero-order valence-electron chi connectivity index (χ0n) is 22.1. The van der Waals surface area contributed by atoms with Gasteiger partial charge in [0.15, 0.2) is 11.3 Å². The summed E-state index contributed by atoms with van der Waals surface area (Å²) >= 11 is 0. The number of anilines is 1. The molecule has 3 aromatic carbocycles. The van der Waals surface area contributed by atoms with Gasteiger partial charge in [0.25, 0.3) is 5.91 Å². The van der Waals surface area contributed by atoms with Crippen LogP contribution in [0.15, 0.2) is 77.5 Å². The first-order chi connectivity index (χ1) is 19.6. The number of aromatic amines is 1. The van der Waals surface area contributed by atoms with Gasteiger partial charge in [-0.3, -0.25) is 9.10 Å². The lowest BCUT2D eigenvalue weighted by molar-refractivity contribution is 0.0964. The van der Waals surface area contributed by atoms with Gasteiger partial charge in [-0.25, -0.2) is 27.8 Å². The van der Waals surface area contributed by atoms with Gasteiger partial charge in [0, 0.05) is 54.6 Å². The molecule has 12 heteroatoms. The van der Waals surface area contributed by atoms with Gasteiger partial charge in [-0.15, -0.1) is 0 Å². The lowest BCUT2D eigenvalue weighted by atomic mass is 9.97. The van der Waals surface area contributed by atoms with E-state index in [2.05, 4.69) is 25.3 Å². The fraction of sp³-hybridized carbons (Fsp3) is 0.103. The van der Waals surface area contributed by atoms with Gasteiger partial charge in [0.1, 0.15) is 23.0 Å². The Bertz CT molecular complexity index is 2040. The summed E-state index contributed by atoms with van der Waals surface area (Å²) in [5.41, 5.74) is 4.31. The van der Waals surface area contributed by atoms with E-state index in [1.165, 1.54) is 38.4 Å². The van der Waals surface area contributed by atoms with Crippen LogP contribution in [0, 0.1) is 5.82 Å². The van der Waals surface area contributed by atoms with Crippen molar-refractivity contribution in [1.29, 1.82) is 0 Å². The Kier molecular flexibility index (Phi) is 6.26. The van der Waals surface area contributed by atoms with Gasteiger partial charge in [-0.1, -0.05) is 18.2 Å². The predicted molar refractivity (Wildman–Crippen MR) is 154 cm³/mol. The fourth-order valence-electron chi connectivity index (χ4n) is 4.67. The predicted octanol–water partition coefficient (Wildman–Crippen LogP) is 4.99. The highest BCUT2D eigenvalue weighted by atomic mass is 32.2. The van der Waals surface area contributed by atoms with Crippen LogP contribution in [0.25, 0.3) is 56.1 Å². The molecule has 0 saturated heterocycles. The van der Waals surface area contributed by atoms with Crippen molar-refractivity contribution < 1.29 is 22.0 Å². The summed E-state index contributed by atoms with van der Waals surface area (Å²) < 4.78 is 46.3. The summed E-state index contributed by atoms with van der Waals surface area (Å²) in [4.78, 5) is 29.3. The second-order valence-electron chi connectivity index (χ2n) is 9.38. The van der Waals surface area contributed by atoms with Gasteiger partial charge in [0.05, 0.1) is 17.5 Å². The minimum absolute atomic E-state index is 0.237. The van der Waals surface area contributed by atoms with Crippen molar-refractivity contribution in [3.8, 4) is 33.8 Å². The number of halogens is 1. The summed E-state index contributed by atoms with van der Waals surface area (Å²) in [7, 11) is -0.729. The number of aromatic nitrogens is 4. The normalized spacial score (nSPS) is 11.7. The first kappa shape index (κ1) is 26.1. The third-order valence-corrected chi connectivity index (χ3v) is 7.98. The van der Waals surface area contributed by atoms with Gasteiger partial charge < -0.3 is 14.7 Å². The van der Waals surface area contributed by atoms with Gasteiger partial charge in [-0.2, -0.15) is 0 Å². The molecule has 6 aromatic rings. The van der Waals surface area contributed by atoms with Crippen molar-refractivity contribution in [2.75, 3.05) is 24.7 Å². The standard InChI is InChI=1S/C29H23FN6O4S/c1-31-29(37)24-21-14-20(17-5-4-6-18(13-17)26-34-27-28(35-26)33-12-11-32-27)22(36(2)41(3,38)39)15-23(21)40-25(24)16-7-9-19(30)10-8-16/h4-15H,1-3H3,(H,31,37)(H,32,33,34,35). The molecule has 2 N–H and O–H groups in total. The quantitative estimate of drug-likeness (QED) is 0.288. The average molecular weight is 571 g/mol. The van der Waals surface area contributed by atoms with E-state index in [4.69, 9.17) is 4.42 Å². The van der Waals surface area contributed by atoms with E-state index in [1.807, 2.05) is 24.3 Å². The number of nitrogens with one attached hydrogen (secondary N) is 2. The first-order valence-electron chi connectivity index (χ1n) is 12.4. The van der Waals surface area contributed by atoms with E-state index >= 15 is 0 Å². The molecule has 0 aliphatic carbocycles. The molecule has 0 atom stereocenters. The largest absolute Gasteiger partial charge is 0.455 e. The molecule has 0 aliphatic rings. The molecule has 1 amide bonds. The second-order valence-corrected chi connectivity index (χ2v) is 11.4. The highest BCUT2D eigenvalue weighted by Crippen LogP contribution is 2.42. The Balaban J connectivity index is 1.61. The van der Waals surface area contributed by atoms with E-state index in [9.17, 15) is 17.6 Å². The van der Waals surface area contributed by atoms with Gasteiger partial charge >= 0.3 is 0 Å². The number of hydrogen-bond acceptors (Lipinski definition) is 7. The zero-order chi connectivity index (χ0) is 28.9. The number of furan rings is 1. The maximum atomic E-state index is 13.7. The summed E-state index contributed by atoms with van der Waals surface area (Å²) in [6.07, 6.45) is 4.23. The lowest BCUT2D eigenvalue weighted by Crippen LogP contribution is -2.25. The van der Waals surface area contributed by atoms with Crippen LogP contribution in [-0.4, -0.2) is 54.6 Å². The minimum Gasteiger partial charge on any atom is -0.455 e. The smallest absolute Gasteiger partial charge is 0.255 e. The minimum atomic E-state index is -3.68. The van der Waals surface area contributed by atoms with E-state index in [-0.39, 0.29) is 11.3 Å². The number of hydrogen-bond donors (Lipinski definition) is 2. The number of amides is 1. The number of carbonyl (C=O) groups is 1. The number of imidazole rings is 1. The molecule has 0 saturated carbocycles. The number of rotatable bonds is 6. The topological polar surface area (TPSA) is 134 Å². The van der Waals surface area contributed by atoms with Crippen LogP contribution in [0.2, 0.25) is 0 Å². The molecule has 0 fully saturated rings. The Labute approximate surface area is 233 Å². The number of H-pyrrole nitrogens is 1. The van der Waals surface area contributed by atoms with Crippen molar-refractivity contribution in [2.24, 2.45) is 0 Å². The number of sulfonamides is 1. The van der Waals surface area contributed by atoms with Crippen LogP contribution in [0.3, 0.4) is 0 Å². The highest BCUT2D eigenvalue weighted by molar-refractivity contribution is 7.92. The molecule has 0 unspecified atom stereocenters. The summed E-state index contributed by atoms with van der Waals surface area (Å²) in [6, 6.07) is 16.3. The molecule has 0 bridgehead atoms. The Morgan fingerprint density at radius 3 is 2.44 bits per heavy atom. The SMILES string of the molecule is CNC(=O)c1c(-c2ccc(F)cc2)oc2cc(N(C)S(C)(=O)=O)c(-c3cccc(-c4nc5nccnc5[nH]4)c3)cc12. The molecule has 0 radical (unpaired) electrons. The first-order valence-corrected chi connectivity index (χ1v) is 14.3. The van der Waals surface area contributed by atoms with Crippen molar-refractivity contribution >= 4 is 43.9 Å². The summed E-state index contributed by atoms with van der Waals surface area (Å²) in [6.45, 7) is 0. The molecule has 0 aliphatic heterocycles. The van der Waals surface area contributed by atoms with Crippen LogP contribution >= 0.6 is 0 Å². The van der Waals surface area contributed by atoms with Crippen LogP contribution in [-0.2, 0) is 10.0 Å². The van der Waals surface area contributed by atoms with Gasteiger partial charge in [0.2, 0.25) is 10.0 Å². The highest BCUT2D eigenvalue weighted by Gasteiger charge is 2.26. The maximum Gasteiger partial charge on any atom is 0.255 e. The Hall–Kier alpha value is -5.10.